The van der Waals surface area contributed by atoms with Gasteiger partial charge in [0.2, 0.25) is 27.7 Å². The van der Waals surface area contributed by atoms with Crippen molar-refractivity contribution >= 4 is 44.9 Å². The summed E-state index contributed by atoms with van der Waals surface area (Å²) in [5, 5.41) is 4.86. The molecule has 4 amide bonds. The van der Waals surface area contributed by atoms with E-state index in [4.69, 9.17) is 14.2 Å². The first-order chi connectivity index (χ1) is 25.5. The van der Waals surface area contributed by atoms with Crippen molar-refractivity contribution < 1.29 is 41.8 Å². The Morgan fingerprint density at radius 2 is 1.83 bits per heavy atom. The lowest BCUT2D eigenvalue weighted by Crippen LogP contribution is -2.58. The number of hydrogen-bond donors (Lipinski definition) is 3. The predicted octanol–water partition coefficient (Wildman–Crippen LogP) is 3.99. The van der Waals surface area contributed by atoms with Gasteiger partial charge in [-0.25, -0.2) is 23.2 Å². The third kappa shape index (κ3) is 9.68. The number of hydrogen-bond acceptors (Lipinski definition) is 11. The Morgan fingerprint density at radius 1 is 1.09 bits per heavy atom. The van der Waals surface area contributed by atoms with Crippen LogP contribution < -0.4 is 24.8 Å². The number of unbranched alkanes of at least 4 members (excludes halogenated alkanes) is 3. The summed E-state index contributed by atoms with van der Waals surface area (Å²) in [6, 6.07) is 3.06. The van der Waals surface area contributed by atoms with Crippen molar-refractivity contribution in [2.24, 2.45) is 5.92 Å². The van der Waals surface area contributed by atoms with Gasteiger partial charge in [-0.15, -0.1) is 13.2 Å². The summed E-state index contributed by atoms with van der Waals surface area (Å²) >= 11 is 0. The molecule has 0 radical (unpaired) electrons. The summed E-state index contributed by atoms with van der Waals surface area (Å²) in [6.07, 6.45) is 6.13. The molecule has 2 aromatic rings. The number of aromatic nitrogens is 2. The third-order valence-corrected chi connectivity index (χ3v) is 11.6. The maximum atomic E-state index is 14.5. The molecule has 294 valence electrons. The number of sulfonamides is 1. The van der Waals surface area contributed by atoms with E-state index in [1.165, 1.54) is 11.0 Å². The quantitative estimate of drug-likeness (QED) is 0.156. The first-order valence-electron chi connectivity index (χ1n) is 18.4. The van der Waals surface area contributed by atoms with Gasteiger partial charge in [-0.2, -0.15) is 0 Å². The molecule has 3 aliphatic rings. The summed E-state index contributed by atoms with van der Waals surface area (Å²) in [4.78, 5) is 65.9. The minimum atomic E-state index is -3.91. The van der Waals surface area contributed by atoms with Gasteiger partial charge in [-0.3, -0.25) is 19.1 Å². The lowest BCUT2D eigenvalue weighted by atomic mass is 10.0. The number of nitrogens with zero attached hydrogens (tertiary/aromatic N) is 3. The normalized spacial score (nSPS) is 22.8. The van der Waals surface area contributed by atoms with Gasteiger partial charge in [-0.1, -0.05) is 25.0 Å². The second-order valence-corrected chi connectivity index (χ2v) is 17.2. The monoisotopic (exact) mass is 768 g/mol. The molecule has 2 saturated carbocycles. The van der Waals surface area contributed by atoms with E-state index in [2.05, 4.69) is 38.5 Å². The van der Waals surface area contributed by atoms with E-state index in [1.807, 2.05) is 6.08 Å². The molecule has 1 saturated heterocycles. The molecular formula is C38H52N6O9S. The summed E-state index contributed by atoms with van der Waals surface area (Å²) < 4.78 is 44.7. The van der Waals surface area contributed by atoms with Gasteiger partial charge < -0.3 is 29.7 Å². The molecule has 15 nitrogen and oxygen atoms in total. The molecule has 3 fully saturated rings. The van der Waals surface area contributed by atoms with Gasteiger partial charge in [0.15, 0.2) is 0 Å². The van der Waals surface area contributed by atoms with Crippen molar-refractivity contribution in [3.63, 3.8) is 0 Å². The van der Waals surface area contributed by atoms with Crippen LogP contribution in [-0.2, 0) is 29.1 Å². The average Bonchev–Trinajstić information content (AvgIpc) is 4.03. The number of fused-ring (bicyclic) bond motifs is 1. The first-order valence-corrected chi connectivity index (χ1v) is 20.0. The van der Waals surface area contributed by atoms with Crippen LogP contribution in [-0.4, -0.2) is 95.3 Å². The Bertz CT molecular complexity index is 1890. The molecule has 2 heterocycles. The van der Waals surface area contributed by atoms with Crippen LogP contribution in [0.3, 0.4) is 0 Å². The summed E-state index contributed by atoms with van der Waals surface area (Å²) in [5.41, 5.74) is -0.757. The fraction of sp³-hybridized carbons (Fsp3) is 0.579. The molecule has 0 unspecified atom stereocenters. The Kier molecular flexibility index (Phi) is 12.2. The lowest BCUT2D eigenvalue weighted by molar-refractivity contribution is -0.141. The maximum Gasteiger partial charge on any atom is 0.408 e. The van der Waals surface area contributed by atoms with E-state index < -0.39 is 74.3 Å². The molecule has 0 spiro atoms. The molecule has 1 aromatic carbocycles. The molecule has 54 heavy (non-hydrogen) atoms. The Labute approximate surface area is 316 Å². The van der Waals surface area contributed by atoms with Crippen LogP contribution in [0.5, 0.6) is 11.6 Å². The van der Waals surface area contributed by atoms with Gasteiger partial charge in [0.05, 0.1) is 29.9 Å². The SMILES string of the molecule is C=CCCCCC[C@H](NC(=O)OC(C)(C)C)C(=O)N1C[C@H](Oc2nc3cc(OC)ccc3nc2C)C[C@H]1C(=O)N[C@]1(C(=O)NS(=O)(=O)C2CC2)C[C@H]1C=C. The van der Waals surface area contributed by atoms with Crippen LogP contribution in [0.15, 0.2) is 43.5 Å². The van der Waals surface area contributed by atoms with Crippen molar-refractivity contribution in [2.45, 2.75) is 120 Å². The van der Waals surface area contributed by atoms with E-state index >= 15 is 0 Å². The molecule has 16 heteroatoms. The van der Waals surface area contributed by atoms with Crippen LogP contribution in [0.25, 0.3) is 11.0 Å². The van der Waals surface area contributed by atoms with E-state index in [0.29, 0.717) is 41.7 Å². The van der Waals surface area contributed by atoms with Crippen LogP contribution in [0.4, 0.5) is 4.79 Å². The molecule has 2 aliphatic carbocycles. The van der Waals surface area contributed by atoms with E-state index in [0.717, 1.165) is 19.3 Å². The number of amides is 4. The average molecular weight is 769 g/mol. The summed E-state index contributed by atoms with van der Waals surface area (Å²) in [7, 11) is -2.36. The summed E-state index contributed by atoms with van der Waals surface area (Å²) in [5.74, 6) is -1.81. The van der Waals surface area contributed by atoms with E-state index in [1.54, 1.807) is 53.0 Å². The number of benzene rings is 1. The van der Waals surface area contributed by atoms with Gasteiger partial charge in [0, 0.05) is 18.4 Å². The largest absolute Gasteiger partial charge is 0.497 e. The number of aryl methyl sites for hydroxylation is 1. The summed E-state index contributed by atoms with van der Waals surface area (Å²) in [6.45, 7) is 14.3. The number of methoxy groups -OCH3 is 1. The Balaban J connectivity index is 1.43. The molecule has 1 aliphatic heterocycles. The number of rotatable bonds is 17. The fourth-order valence-electron chi connectivity index (χ4n) is 6.62. The molecule has 5 rings (SSSR count). The zero-order valence-corrected chi connectivity index (χ0v) is 32.5. The first kappa shape index (κ1) is 40.5. The number of carbonyl (C=O) groups is 4. The highest BCUT2D eigenvalue weighted by Crippen LogP contribution is 2.45. The van der Waals surface area contributed by atoms with Gasteiger partial charge >= 0.3 is 6.09 Å². The van der Waals surface area contributed by atoms with Crippen LogP contribution in [0, 0.1) is 12.8 Å². The van der Waals surface area contributed by atoms with Crippen LogP contribution in [0.2, 0.25) is 0 Å². The smallest absolute Gasteiger partial charge is 0.408 e. The minimum absolute atomic E-state index is 0.00413. The molecule has 0 bridgehead atoms. The molecule has 1 aromatic heterocycles. The zero-order valence-electron chi connectivity index (χ0n) is 31.7. The third-order valence-electron chi connectivity index (χ3n) is 9.77. The maximum absolute atomic E-state index is 14.5. The number of nitrogens with one attached hydrogen (secondary N) is 3. The molecule has 5 atom stereocenters. The number of likely N-dealkylation sites (tertiary alicyclic amines) is 1. The second kappa shape index (κ2) is 16.3. The molecule has 3 N–H and O–H groups in total. The van der Waals surface area contributed by atoms with Crippen molar-refractivity contribution in [1.29, 1.82) is 0 Å². The standard InChI is InChI=1S/C38H52N6O9S/c1-8-10-11-12-13-14-29(41-36(48)53-37(4,5)6)34(46)44-22-26(52-33-23(3)39-28-18-15-25(51-7)19-30(28)40-33)20-31(44)32(45)42-38(21-24(38)9-2)35(47)43-54(49,50)27-16-17-27/h8-9,15,18-19,24,26-27,29,31H,1-2,10-14,16-17,20-22H2,3-7H3,(H,41,48)(H,42,45)(H,43,47)/t24-,26-,29+,31+,38-/m1/s1. The highest BCUT2D eigenvalue weighted by atomic mass is 32.2. The van der Waals surface area contributed by atoms with Crippen molar-refractivity contribution in [3.8, 4) is 11.6 Å². The number of allylic oxidation sites excluding steroid dienone is 1. The van der Waals surface area contributed by atoms with Gasteiger partial charge in [0.25, 0.3) is 5.91 Å². The van der Waals surface area contributed by atoms with Gasteiger partial charge in [-0.05, 0) is 78.4 Å². The predicted molar refractivity (Wildman–Crippen MR) is 201 cm³/mol. The van der Waals surface area contributed by atoms with Crippen molar-refractivity contribution in [3.05, 3.63) is 49.2 Å². The van der Waals surface area contributed by atoms with E-state index in [-0.39, 0.29) is 31.7 Å². The number of alkyl carbamates (subject to hydrolysis) is 1. The van der Waals surface area contributed by atoms with Crippen LogP contribution in [0.1, 0.15) is 84.3 Å². The topological polar surface area (TPSA) is 195 Å². The lowest BCUT2D eigenvalue weighted by Gasteiger charge is -2.30. The second-order valence-electron chi connectivity index (χ2n) is 15.3. The van der Waals surface area contributed by atoms with Crippen molar-refractivity contribution in [2.75, 3.05) is 13.7 Å². The number of carbonyl (C=O) groups excluding carboxylic acids is 4. The Hall–Kier alpha value is -4.73. The van der Waals surface area contributed by atoms with E-state index in [9.17, 15) is 27.6 Å². The highest BCUT2D eigenvalue weighted by Gasteiger charge is 2.62. The highest BCUT2D eigenvalue weighted by molar-refractivity contribution is 7.91. The van der Waals surface area contributed by atoms with Crippen molar-refractivity contribution in [1.82, 2.24) is 30.2 Å². The minimum Gasteiger partial charge on any atom is -0.497 e. The Morgan fingerprint density at radius 3 is 2.46 bits per heavy atom. The fourth-order valence-corrected chi connectivity index (χ4v) is 7.98. The number of ether oxygens (including phenoxy) is 3. The zero-order chi connectivity index (χ0) is 39.4. The van der Waals surface area contributed by atoms with Gasteiger partial charge in [0.1, 0.15) is 40.8 Å². The molecular weight excluding hydrogens is 717 g/mol. The van der Waals surface area contributed by atoms with Crippen LogP contribution >= 0.6 is 0 Å².